The van der Waals surface area contributed by atoms with Gasteiger partial charge in [-0.3, -0.25) is 0 Å². The summed E-state index contributed by atoms with van der Waals surface area (Å²) in [4.78, 5) is 0. The maximum absolute atomic E-state index is 6.54. The van der Waals surface area contributed by atoms with E-state index in [4.69, 9.17) is 17.2 Å². The van der Waals surface area contributed by atoms with Gasteiger partial charge in [0.25, 0.3) is 0 Å². The van der Waals surface area contributed by atoms with Gasteiger partial charge in [-0.05, 0) is 103 Å². The Kier molecular flexibility index (Phi) is 11.1. The van der Waals surface area contributed by atoms with E-state index in [9.17, 15) is 0 Å². The largest absolute Gasteiger partial charge is 0.399 e. The maximum Gasteiger partial charge on any atom is 0.0701 e. The van der Waals surface area contributed by atoms with Crippen LogP contribution in [0.4, 0.5) is 17.1 Å². The molecule has 0 saturated carbocycles. The van der Waals surface area contributed by atoms with Crippen LogP contribution in [0.3, 0.4) is 0 Å². The molecular formula is C63H51N3. The van der Waals surface area contributed by atoms with Crippen LogP contribution < -0.4 is 17.2 Å². The summed E-state index contributed by atoms with van der Waals surface area (Å²) in [6, 6.07) is 98.3. The summed E-state index contributed by atoms with van der Waals surface area (Å²) in [6.45, 7) is 0. The highest BCUT2D eigenvalue weighted by Crippen LogP contribution is 2.54. The van der Waals surface area contributed by atoms with Gasteiger partial charge in [0.1, 0.15) is 0 Å². The summed E-state index contributed by atoms with van der Waals surface area (Å²) in [5.41, 5.74) is 32.5. The molecule has 10 aromatic carbocycles. The number of benzene rings is 10. The van der Waals surface area contributed by atoms with Crippen LogP contribution >= 0.6 is 0 Å². The SMILES string of the molecule is Nc1ccc(C(c2ccccc2)(c2ccccc2)c2cc(C(c3ccccc3)(c3ccccc3)c3ccc(N)cc3)cc(C(c3ccccc3)(c3ccccc3)c3ccc(N)cc3)c2)cc1. The Morgan fingerprint density at radius 2 is 0.318 bits per heavy atom. The van der Waals surface area contributed by atoms with Gasteiger partial charge in [-0.1, -0.05) is 237 Å². The van der Waals surface area contributed by atoms with Crippen molar-refractivity contribution in [3.8, 4) is 0 Å². The lowest BCUT2D eigenvalue weighted by Gasteiger charge is -2.43. The number of nitrogens with two attached hydrogens (primary N) is 3. The van der Waals surface area contributed by atoms with Gasteiger partial charge in [-0.25, -0.2) is 0 Å². The molecule has 0 aromatic heterocycles. The second-order valence-corrected chi connectivity index (χ2v) is 17.1. The van der Waals surface area contributed by atoms with Crippen molar-refractivity contribution in [1.82, 2.24) is 0 Å². The molecule has 0 aliphatic carbocycles. The molecular weight excluding hydrogens is 799 g/mol. The fourth-order valence-electron chi connectivity index (χ4n) is 10.6. The average Bonchev–Trinajstić information content (AvgIpc) is 3.38. The van der Waals surface area contributed by atoms with Gasteiger partial charge in [0, 0.05) is 17.1 Å². The van der Waals surface area contributed by atoms with E-state index in [2.05, 4.69) is 237 Å². The number of hydrogen-bond donors (Lipinski definition) is 3. The van der Waals surface area contributed by atoms with E-state index in [1.165, 1.54) is 0 Å². The van der Waals surface area contributed by atoms with Crippen LogP contribution in [0.2, 0.25) is 0 Å². The van der Waals surface area contributed by atoms with E-state index < -0.39 is 16.2 Å². The van der Waals surface area contributed by atoms with Crippen molar-refractivity contribution in [2.24, 2.45) is 0 Å². The minimum Gasteiger partial charge on any atom is -0.399 e. The predicted octanol–water partition coefficient (Wildman–Crippen LogP) is 13.6. The highest BCUT2D eigenvalue weighted by molar-refractivity contribution is 5.70. The molecule has 10 rings (SSSR count). The third-order valence-electron chi connectivity index (χ3n) is 13.5. The van der Waals surface area contributed by atoms with Gasteiger partial charge in [-0.15, -0.1) is 0 Å². The molecule has 0 heterocycles. The fraction of sp³-hybridized carbons (Fsp3) is 0.0476. The second kappa shape index (κ2) is 17.6. The first-order chi connectivity index (χ1) is 32.4. The Labute approximate surface area is 388 Å². The maximum atomic E-state index is 6.54. The molecule has 0 unspecified atom stereocenters. The first-order valence-electron chi connectivity index (χ1n) is 22.5. The Morgan fingerprint density at radius 1 is 0.167 bits per heavy atom. The van der Waals surface area contributed by atoms with Crippen LogP contribution in [0, 0.1) is 0 Å². The van der Waals surface area contributed by atoms with Gasteiger partial charge < -0.3 is 17.2 Å². The van der Waals surface area contributed by atoms with E-state index in [-0.39, 0.29) is 0 Å². The van der Waals surface area contributed by atoms with Crippen LogP contribution in [-0.4, -0.2) is 0 Å². The van der Waals surface area contributed by atoms with Crippen molar-refractivity contribution in [2.75, 3.05) is 17.2 Å². The molecule has 0 aliphatic heterocycles. The summed E-state index contributed by atoms with van der Waals surface area (Å²) in [5.74, 6) is 0. The van der Waals surface area contributed by atoms with E-state index in [0.29, 0.717) is 17.1 Å². The minimum atomic E-state index is -0.846. The molecule has 10 aromatic rings. The Morgan fingerprint density at radius 3 is 0.485 bits per heavy atom. The molecule has 0 radical (unpaired) electrons. The second-order valence-electron chi connectivity index (χ2n) is 17.1. The van der Waals surface area contributed by atoms with E-state index >= 15 is 0 Å². The summed E-state index contributed by atoms with van der Waals surface area (Å²) < 4.78 is 0. The number of anilines is 3. The quantitative estimate of drug-likeness (QED) is 0.0846. The zero-order valence-electron chi connectivity index (χ0n) is 36.7. The predicted molar refractivity (Wildman–Crippen MR) is 275 cm³/mol. The molecule has 3 heteroatoms. The topological polar surface area (TPSA) is 78.1 Å². The van der Waals surface area contributed by atoms with Crippen LogP contribution in [0.1, 0.15) is 66.8 Å². The van der Waals surface area contributed by atoms with Crippen LogP contribution in [0.15, 0.2) is 273 Å². The van der Waals surface area contributed by atoms with Crippen LogP contribution in [0.5, 0.6) is 0 Å². The molecule has 0 bridgehead atoms. The molecule has 0 atom stereocenters. The van der Waals surface area contributed by atoms with Gasteiger partial charge in [0.05, 0.1) is 16.2 Å². The van der Waals surface area contributed by atoms with Gasteiger partial charge in [0.15, 0.2) is 0 Å². The van der Waals surface area contributed by atoms with Crippen molar-refractivity contribution < 1.29 is 0 Å². The lowest BCUT2D eigenvalue weighted by Crippen LogP contribution is -2.37. The van der Waals surface area contributed by atoms with Crippen molar-refractivity contribution in [3.63, 3.8) is 0 Å². The minimum absolute atomic E-state index is 0.703. The number of hydrogen-bond acceptors (Lipinski definition) is 3. The number of rotatable bonds is 12. The van der Waals surface area contributed by atoms with Gasteiger partial charge >= 0.3 is 0 Å². The van der Waals surface area contributed by atoms with Crippen LogP contribution in [0.25, 0.3) is 0 Å². The standard InChI is InChI=1S/C63H51N3/c64-58-37-31-52(32-38-58)61(46-19-7-1-8-20-46,47-21-9-2-10-22-47)55-43-56(62(48-23-11-3-12-24-48,49-25-13-4-14-26-49)53-33-39-59(65)40-34-53)45-57(44-55)63(50-27-15-5-16-28-50,51-29-17-6-18-30-51)54-35-41-60(66)42-36-54/h1-45H,64-66H2. The summed E-state index contributed by atoms with van der Waals surface area (Å²) in [6.07, 6.45) is 0. The summed E-state index contributed by atoms with van der Waals surface area (Å²) in [7, 11) is 0. The van der Waals surface area contributed by atoms with E-state index in [1.54, 1.807) is 0 Å². The highest BCUT2D eigenvalue weighted by Gasteiger charge is 2.46. The van der Waals surface area contributed by atoms with Crippen molar-refractivity contribution in [3.05, 3.63) is 340 Å². The Hall–Kier alpha value is -8.40. The lowest BCUT2D eigenvalue weighted by molar-refractivity contribution is 0.693. The molecule has 3 nitrogen and oxygen atoms in total. The Bertz CT molecular complexity index is 2680. The third-order valence-corrected chi connectivity index (χ3v) is 13.5. The van der Waals surface area contributed by atoms with Crippen molar-refractivity contribution in [2.45, 2.75) is 16.2 Å². The van der Waals surface area contributed by atoms with Gasteiger partial charge in [0.2, 0.25) is 0 Å². The van der Waals surface area contributed by atoms with Crippen molar-refractivity contribution in [1.29, 1.82) is 0 Å². The van der Waals surface area contributed by atoms with Crippen molar-refractivity contribution >= 4 is 17.1 Å². The molecule has 6 N–H and O–H groups in total. The molecule has 0 aliphatic rings. The lowest BCUT2D eigenvalue weighted by atomic mass is 9.58. The zero-order chi connectivity index (χ0) is 45.0. The first-order valence-corrected chi connectivity index (χ1v) is 22.5. The average molecular weight is 850 g/mol. The molecule has 318 valence electrons. The van der Waals surface area contributed by atoms with E-state index in [0.717, 1.165) is 66.8 Å². The third kappa shape index (κ3) is 7.03. The normalized spacial score (nSPS) is 11.8. The smallest absolute Gasteiger partial charge is 0.0701 e. The zero-order valence-corrected chi connectivity index (χ0v) is 36.7. The fourth-order valence-corrected chi connectivity index (χ4v) is 10.6. The van der Waals surface area contributed by atoms with Gasteiger partial charge in [-0.2, -0.15) is 0 Å². The van der Waals surface area contributed by atoms with Crippen LogP contribution in [-0.2, 0) is 16.2 Å². The number of nitrogen functional groups attached to an aromatic ring is 3. The summed E-state index contributed by atoms with van der Waals surface area (Å²) in [5, 5.41) is 0. The monoisotopic (exact) mass is 849 g/mol. The van der Waals surface area contributed by atoms with E-state index in [1.807, 2.05) is 36.4 Å². The molecule has 66 heavy (non-hydrogen) atoms. The highest BCUT2D eigenvalue weighted by atomic mass is 14.6. The summed E-state index contributed by atoms with van der Waals surface area (Å²) >= 11 is 0. The molecule has 0 spiro atoms. The first kappa shape index (κ1) is 41.6. The molecule has 0 saturated heterocycles. The molecule has 0 amide bonds. The Balaban J connectivity index is 1.49. The molecule has 0 fully saturated rings.